The highest BCUT2D eigenvalue weighted by atomic mass is 16.6. The van der Waals surface area contributed by atoms with Crippen LogP contribution in [0.2, 0.25) is 0 Å². The number of nitrogens with zero attached hydrogens (tertiary/aromatic N) is 5. The van der Waals surface area contributed by atoms with Crippen molar-refractivity contribution in [3.63, 3.8) is 0 Å². The highest BCUT2D eigenvalue weighted by molar-refractivity contribution is 5.83. The summed E-state index contributed by atoms with van der Waals surface area (Å²) < 4.78 is 7.32. The van der Waals surface area contributed by atoms with E-state index in [4.69, 9.17) is 4.74 Å². The molecule has 0 spiro atoms. The molecule has 1 saturated heterocycles. The van der Waals surface area contributed by atoms with Crippen LogP contribution in [-0.4, -0.2) is 67.4 Å². The van der Waals surface area contributed by atoms with Crippen LogP contribution in [0.25, 0.3) is 11.2 Å². The molecule has 34 heavy (non-hydrogen) atoms. The average Bonchev–Trinajstić information content (AvgIpc) is 3.05. The van der Waals surface area contributed by atoms with Crippen molar-refractivity contribution in [2.75, 3.05) is 18.0 Å². The Morgan fingerprint density at radius 3 is 2.50 bits per heavy atom. The molecule has 182 valence electrons. The molecule has 2 aromatic rings. The van der Waals surface area contributed by atoms with Gasteiger partial charge in [-0.05, 0) is 47.0 Å². The Bertz CT molecular complexity index is 1250. The molecule has 0 aromatic carbocycles. The zero-order valence-electron chi connectivity index (χ0n) is 20.2. The molecule has 0 bridgehead atoms. The molecular weight excluding hydrogens is 438 g/mol. The molecule has 2 aliphatic heterocycles. The fourth-order valence-electron chi connectivity index (χ4n) is 5.65. The van der Waals surface area contributed by atoms with E-state index in [1.165, 1.54) is 0 Å². The zero-order chi connectivity index (χ0) is 24.5. The standard InChI is InChI=1S/C24H31N5O5/c1-12-10-16(22(31)32)29-18(12)19(20(30)17-21(29)25-11-13(2)26-17)27-8-9-28(15-7-6-14(15)27)23(33)34-24(3,4)5/h11-12,14-16H,6-10H2,1-5H3,(H,31,32)/t12?,14-,15-,16?/m0/s1. The van der Waals surface area contributed by atoms with E-state index in [0.29, 0.717) is 42.2 Å². The third kappa shape index (κ3) is 3.42. The second-order valence-electron chi connectivity index (χ2n) is 10.7. The van der Waals surface area contributed by atoms with Gasteiger partial charge in [-0.3, -0.25) is 4.79 Å². The molecule has 2 aromatic heterocycles. The van der Waals surface area contributed by atoms with E-state index in [2.05, 4.69) is 14.9 Å². The first-order valence-electron chi connectivity index (χ1n) is 11.9. The topological polar surface area (TPSA) is 118 Å². The minimum Gasteiger partial charge on any atom is -0.480 e. The van der Waals surface area contributed by atoms with Gasteiger partial charge in [-0.25, -0.2) is 19.6 Å². The number of piperazine rings is 1. The maximum Gasteiger partial charge on any atom is 0.410 e. The summed E-state index contributed by atoms with van der Waals surface area (Å²) in [4.78, 5) is 51.6. The molecule has 1 saturated carbocycles. The van der Waals surface area contributed by atoms with Crippen molar-refractivity contribution in [3.8, 4) is 0 Å². The minimum absolute atomic E-state index is 0.0232. The number of rotatable bonds is 2. The second-order valence-corrected chi connectivity index (χ2v) is 10.7. The van der Waals surface area contributed by atoms with E-state index >= 15 is 0 Å². The number of carbonyl (C=O) groups excluding carboxylic acids is 1. The summed E-state index contributed by atoms with van der Waals surface area (Å²) in [7, 11) is 0. The fourth-order valence-corrected chi connectivity index (χ4v) is 5.65. The van der Waals surface area contributed by atoms with Crippen LogP contribution in [0.4, 0.5) is 10.5 Å². The van der Waals surface area contributed by atoms with Gasteiger partial charge in [-0.15, -0.1) is 0 Å². The summed E-state index contributed by atoms with van der Waals surface area (Å²) in [5.41, 5.74) is 1.55. The van der Waals surface area contributed by atoms with Gasteiger partial charge in [-0.1, -0.05) is 6.92 Å². The molecule has 1 N–H and O–H groups in total. The number of amides is 1. The number of aliphatic carboxylic acids is 1. The van der Waals surface area contributed by atoms with Gasteiger partial charge in [0, 0.05) is 25.0 Å². The van der Waals surface area contributed by atoms with Crippen molar-refractivity contribution < 1.29 is 19.4 Å². The van der Waals surface area contributed by atoms with E-state index in [-0.39, 0.29) is 35.0 Å². The van der Waals surface area contributed by atoms with Crippen LogP contribution in [0, 0.1) is 6.92 Å². The van der Waals surface area contributed by atoms with Crippen molar-refractivity contribution in [2.45, 2.75) is 83.5 Å². The number of carboxylic acids is 1. The van der Waals surface area contributed by atoms with Crippen molar-refractivity contribution >= 4 is 28.9 Å². The van der Waals surface area contributed by atoms with Crippen molar-refractivity contribution in [2.24, 2.45) is 0 Å². The Hall–Kier alpha value is -3.17. The molecule has 4 heterocycles. The van der Waals surface area contributed by atoms with Crippen molar-refractivity contribution in [1.29, 1.82) is 0 Å². The lowest BCUT2D eigenvalue weighted by atomic mass is 9.81. The van der Waals surface area contributed by atoms with Crippen LogP contribution in [0.1, 0.15) is 70.3 Å². The predicted molar refractivity (Wildman–Crippen MR) is 125 cm³/mol. The van der Waals surface area contributed by atoms with Crippen LogP contribution in [0.5, 0.6) is 0 Å². The third-order valence-electron chi connectivity index (χ3n) is 7.17. The summed E-state index contributed by atoms with van der Waals surface area (Å²) in [5, 5.41) is 9.94. The van der Waals surface area contributed by atoms with Gasteiger partial charge >= 0.3 is 12.1 Å². The van der Waals surface area contributed by atoms with Crippen molar-refractivity contribution in [1.82, 2.24) is 19.4 Å². The Kier molecular flexibility index (Phi) is 5.11. The highest BCUT2D eigenvalue weighted by Crippen LogP contribution is 2.45. The third-order valence-corrected chi connectivity index (χ3v) is 7.17. The highest BCUT2D eigenvalue weighted by Gasteiger charge is 2.48. The van der Waals surface area contributed by atoms with E-state index in [9.17, 15) is 19.5 Å². The SMILES string of the molecule is Cc1cnc2c(n1)c(=O)c(N1CCN(C(=O)OC(C)(C)C)[C@H]3CC[C@@H]31)c1n2C(C(=O)O)CC1C. The Balaban J connectivity index is 1.61. The number of hydrogen-bond donors (Lipinski definition) is 1. The molecule has 10 nitrogen and oxygen atoms in total. The Labute approximate surface area is 197 Å². The first-order chi connectivity index (χ1) is 16.0. The number of anilines is 1. The van der Waals surface area contributed by atoms with E-state index < -0.39 is 17.6 Å². The first kappa shape index (κ1) is 22.6. The van der Waals surface area contributed by atoms with E-state index in [1.54, 1.807) is 22.6 Å². The molecule has 2 fully saturated rings. The largest absolute Gasteiger partial charge is 0.480 e. The summed E-state index contributed by atoms with van der Waals surface area (Å²) in [6.45, 7) is 10.2. The molecule has 1 amide bonds. The second kappa shape index (κ2) is 7.68. The zero-order valence-corrected chi connectivity index (χ0v) is 20.2. The molecule has 3 aliphatic rings. The smallest absolute Gasteiger partial charge is 0.410 e. The van der Waals surface area contributed by atoms with Gasteiger partial charge in [-0.2, -0.15) is 0 Å². The Morgan fingerprint density at radius 2 is 1.88 bits per heavy atom. The molecule has 1 aliphatic carbocycles. The number of aryl methyl sites for hydroxylation is 1. The molecule has 10 heteroatoms. The van der Waals surface area contributed by atoms with Crippen LogP contribution < -0.4 is 10.3 Å². The van der Waals surface area contributed by atoms with E-state index in [1.807, 2.05) is 27.7 Å². The average molecular weight is 470 g/mol. The van der Waals surface area contributed by atoms with E-state index in [0.717, 1.165) is 12.8 Å². The lowest BCUT2D eigenvalue weighted by Gasteiger charge is -2.54. The quantitative estimate of drug-likeness (QED) is 0.713. The first-order valence-corrected chi connectivity index (χ1v) is 11.9. The maximum absolute atomic E-state index is 13.8. The molecule has 0 radical (unpaired) electrons. The predicted octanol–water partition coefficient (Wildman–Crippen LogP) is 2.82. The number of aromatic nitrogens is 3. The summed E-state index contributed by atoms with van der Waals surface area (Å²) in [6, 6.07) is -0.871. The van der Waals surface area contributed by atoms with Crippen LogP contribution in [-0.2, 0) is 9.53 Å². The number of fused-ring (bicyclic) bond motifs is 4. The lowest BCUT2D eigenvalue weighted by molar-refractivity contribution is -0.140. The van der Waals surface area contributed by atoms with Gasteiger partial charge in [0.25, 0.3) is 0 Å². The molecule has 4 atom stereocenters. The lowest BCUT2D eigenvalue weighted by Crippen LogP contribution is -2.67. The summed E-state index contributed by atoms with van der Waals surface area (Å²) >= 11 is 0. The van der Waals surface area contributed by atoms with Crippen molar-refractivity contribution in [3.05, 3.63) is 27.8 Å². The Morgan fingerprint density at radius 1 is 1.18 bits per heavy atom. The van der Waals surface area contributed by atoms with Crippen LogP contribution in [0.3, 0.4) is 0 Å². The number of pyridine rings is 1. The van der Waals surface area contributed by atoms with Gasteiger partial charge in [0.15, 0.2) is 11.2 Å². The van der Waals surface area contributed by atoms with Gasteiger partial charge < -0.3 is 24.2 Å². The monoisotopic (exact) mass is 469 g/mol. The number of hydrogen-bond acceptors (Lipinski definition) is 7. The number of carbonyl (C=O) groups is 2. The molecule has 2 unspecified atom stereocenters. The van der Waals surface area contributed by atoms with Crippen LogP contribution >= 0.6 is 0 Å². The van der Waals surface area contributed by atoms with Gasteiger partial charge in [0.05, 0.1) is 23.6 Å². The molecular formula is C24H31N5O5. The maximum atomic E-state index is 13.8. The summed E-state index contributed by atoms with van der Waals surface area (Å²) in [5.74, 6) is -1.07. The summed E-state index contributed by atoms with van der Waals surface area (Å²) in [6.07, 6.45) is 3.31. The number of carboxylic acid groups (broad SMARTS) is 1. The fraction of sp³-hybridized carbons (Fsp3) is 0.625. The van der Waals surface area contributed by atoms with Gasteiger partial charge in [0.2, 0.25) is 5.43 Å². The minimum atomic E-state index is -0.944. The van der Waals surface area contributed by atoms with Crippen LogP contribution in [0.15, 0.2) is 11.0 Å². The molecule has 5 rings (SSSR count). The number of ether oxygens (including phenoxy) is 1. The normalized spacial score (nSPS) is 26.1. The van der Waals surface area contributed by atoms with Gasteiger partial charge in [0.1, 0.15) is 17.3 Å².